The molecule has 9 nitrogen and oxygen atoms in total. The van der Waals surface area contributed by atoms with Gasteiger partial charge in [-0.05, 0) is 42.5 Å². The summed E-state index contributed by atoms with van der Waals surface area (Å²) in [7, 11) is 1.54. The summed E-state index contributed by atoms with van der Waals surface area (Å²) in [6, 6.07) is 8.71. The highest BCUT2D eigenvalue weighted by Crippen LogP contribution is 2.39. The van der Waals surface area contributed by atoms with Gasteiger partial charge in [-0.1, -0.05) is 12.1 Å². The Labute approximate surface area is 218 Å². The lowest BCUT2D eigenvalue weighted by molar-refractivity contribution is -0.133. The van der Waals surface area contributed by atoms with E-state index in [1.54, 1.807) is 17.0 Å². The van der Waals surface area contributed by atoms with E-state index in [2.05, 4.69) is 9.97 Å². The number of pyridine rings is 1. The van der Waals surface area contributed by atoms with Crippen LogP contribution in [-0.2, 0) is 9.53 Å². The largest absolute Gasteiger partial charge is 0.496 e. The molecule has 2 fully saturated rings. The zero-order valence-corrected chi connectivity index (χ0v) is 21.0. The first kappa shape index (κ1) is 24.8. The van der Waals surface area contributed by atoms with Gasteiger partial charge in [0.1, 0.15) is 24.2 Å². The number of fused-ring (bicyclic) bond motifs is 2. The summed E-state index contributed by atoms with van der Waals surface area (Å²) in [5.74, 6) is 0.331. The van der Waals surface area contributed by atoms with Crippen molar-refractivity contribution in [2.75, 3.05) is 33.4 Å². The average Bonchev–Trinajstić information content (AvgIpc) is 3.64. The zero-order valence-electron chi connectivity index (χ0n) is 21.0. The molecule has 4 heterocycles. The Bertz CT molecular complexity index is 1400. The van der Waals surface area contributed by atoms with Crippen LogP contribution in [-0.4, -0.2) is 82.7 Å². The first-order valence-electron chi connectivity index (χ1n) is 12.9. The fourth-order valence-electron chi connectivity index (χ4n) is 5.83. The third kappa shape index (κ3) is 4.42. The molecular formula is C28H30FN3O6. The van der Waals surface area contributed by atoms with Crippen molar-refractivity contribution in [2.24, 2.45) is 5.92 Å². The van der Waals surface area contributed by atoms with Gasteiger partial charge in [0, 0.05) is 36.7 Å². The van der Waals surface area contributed by atoms with Gasteiger partial charge in [-0.25, -0.2) is 9.37 Å². The summed E-state index contributed by atoms with van der Waals surface area (Å²) in [6.07, 6.45) is 3.35. The van der Waals surface area contributed by atoms with E-state index in [4.69, 9.17) is 19.3 Å². The number of methoxy groups -OCH3 is 1. The van der Waals surface area contributed by atoms with Crippen LogP contribution in [0.15, 0.2) is 36.4 Å². The highest BCUT2D eigenvalue weighted by molar-refractivity contribution is 5.83. The Balaban J connectivity index is 1.25. The van der Waals surface area contributed by atoms with Crippen molar-refractivity contribution in [1.82, 2.24) is 14.9 Å². The molecule has 0 bridgehead atoms. The molecule has 1 aromatic carbocycles. The van der Waals surface area contributed by atoms with Crippen molar-refractivity contribution in [3.63, 3.8) is 0 Å². The number of aliphatic hydroxyl groups is 2. The Hall–Kier alpha value is -3.47. The van der Waals surface area contributed by atoms with E-state index in [1.165, 1.54) is 13.2 Å². The quantitative estimate of drug-likeness (QED) is 0.455. The predicted octanol–water partition coefficient (Wildman–Crippen LogP) is 2.90. The fraction of sp³-hybridized carbons (Fsp3) is 0.429. The molecule has 1 aliphatic carbocycles. The minimum absolute atomic E-state index is 0.136. The van der Waals surface area contributed by atoms with Crippen LogP contribution in [0.3, 0.4) is 0 Å². The van der Waals surface area contributed by atoms with Gasteiger partial charge >= 0.3 is 0 Å². The monoisotopic (exact) mass is 523 g/mol. The molecule has 2 aromatic heterocycles. The Morgan fingerprint density at radius 3 is 2.92 bits per heavy atom. The lowest BCUT2D eigenvalue weighted by Crippen LogP contribution is -2.36. The van der Waals surface area contributed by atoms with Crippen LogP contribution in [0.5, 0.6) is 11.6 Å². The molecule has 38 heavy (non-hydrogen) atoms. The number of carbonyl (C=O) groups excluding carboxylic acids is 1. The number of hydrogen-bond acceptors (Lipinski definition) is 7. The molecule has 3 aliphatic rings. The van der Waals surface area contributed by atoms with Crippen LogP contribution >= 0.6 is 0 Å². The van der Waals surface area contributed by atoms with Crippen molar-refractivity contribution < 1.29 is 33.6 Å². The maximum Gasteiger partial charge on any atom is 0.248 e. The number of aliphatic hydroxyl groups excluding tert-OH is 2. The van der Waals surface area contributed by atoms with Gasteiger partial charge in [0.15, 0.2) is 11.7 Å². The van der Waals surface area contributed by atoms with E-state index < -0.39 is 18.5 Å². The lowest BCUT2D eigenvalue weighted by atomic mass is 9.96. The zero-order chi connectivity index (χ0) is 26.4. The summed E-state index contributed by atoms with van der Waals surface area (Å²) in [5, 5.41) is 19.1. The number of ether oxygens (including phenoxy) is 3. The summed E-state index contributed by atoms with van der Waals surface area (Å²) < 4.78 is 32.8. The molecule has 10 heteroatoms. The molecule has 3 N–H and O–H groups in total. The number of hydrogen-bond donors (Lipinski definition) is 3. The second-order valence-electron chi connectivity index (χ2n) is 10.0. The van der Waals surface area contributed by atoms with Crippen molar-refractivity contribution in [3.05, 3.63) is 47.8 Å². The summed E-state index contributed by atoms with van der Waals surface area (Å²) in [4.78, 5) is 21.0. The van der Waals surface area contributed by atoms with E-state index >= 15 is 4.39 Å². The standard InChI is InChI=1S/C28H30FN3O6/c1-36-23-10-16(15-6-8-32(9-7-15)26(35)13-33)2-3-17(23)27-19(29)11-20-21(31-27)12-25(30-20)38-24-14-37-28-18(24)4-5-22(28)34/h2-3,6,10-12,18,22,24,28,30,33-34H,4-5,7-9,13-14H2,1H3/t18-,22-,24-,28+/m1/s1. The minimum atomic E-state index is -0.497. The number of carbonyl (C=O) groups is 1. The van der Waals surface area contributed by atoms with Crippen LogP contribution < -0.4 is 9.47 Å². The third-order valence-electron chi connectivity index (χ3n) is 7.86. The number of H-pyrrole nitrogens is 1. The molecule has 1 saturated carbocycles. The summed E-state index contributed by atoms with van der Waals surface area (Å²) in [6.45, 7) is 0.863. The number of aromatic nitrogens is 2. The van der Waals surface area contributed by atoms with Gasteiger partial charge in [-0.2, -0.15) is 0 Å². The van der Waals surface area contributed by atoms with E-state index in [9.17, 15) is 9.90 Å². The van der Waals surface area contributed by atoms with Crippen molar-refractivity contribution in [3.8, 4) is 22.9 Å². The topological polar surface area (TPSA) is 117 Å². The van der Waals surface area contributed by atoms with Crippen LogP contribution in [0.2, 0.25) is 0 Å². The van der Waals surface area contributed by atoms with Crippen molar-refractivity contribution in [2.45, 2.75) is 37.6 Å². The van der Waals surface area contributed by atoms with E-state index in [0.717, 1.165) is 17.6 Å². The second kappa shape index (κ2) is 10.0. The lowest BCUT2D eigenvalue weighted by Gasteiger charge is -2.26. The molecule has 0 unspecified atom stereocenters. The Kier molecular flexibility index (Phi) is 6.55. The van der Waals surface area contributed by atoms with Gasteiger partial charge in [0.25, 0.3) is 0 Å². The minimum Gasteiger partial charge on any atom is -0.496 e. The highest BCUT2D eigenvalue weighted by Gasteiger charge is 2.47. The summed E-state index contributed by atoms with van der Waals surface area (Å²) in [5.41, 5.74) is 3.77. The molecule has 6 rings (SSSR count). The number of aromatic amines is 1. The molecule has 1 saturated heterocycles. The Morgan fingerprint density at radius 2 is 2.16 bits per heavy atom. The normalized spacial score (nSPS) is 24.9. The molecule has 2 aliphatic heterocycles. The highest BCUT2D eigenvalue weighted by atomic mass is 19.1. The van der Waals surface area contributed by atoms with E-state index in [0.29, 0.717) is 60.8 Å². The molecule has 3 aromatic rings. The number of benzene rings is 1. The molecule has 0 radical (unpaired) electrons. The van der Waals surface area contributed by atoms with Crippen LogP contribution in [0.25, 0.3) is 27.9 Å². The van der Waals surface area contributed by atoms with Crippen LogP contribution in [0.4, 0.5) is 4.39 Å². The SMILES string of the molecule is COc1cc(C2=CCN(C(=O)CO)CC2)ccc1-c1nc2cc(O[C@@H]3CO[C@H]4[C@@H]3CC[C@H]4O)[nH]c2cc1F. The van der Waals surface area contributed by atoms with Gasteiger partial charge in [0.05, 0.1) is 37.0 Å². The number of nitrogens with one attached hydrogen (secondary N) is 1. The Morgan fingerprint density at radius 1 is 1.29 bits per heavy atom. The number of rotatable bonds is 6. The van der Waals surface area contributed by atoms with Crippen LogP contribution in [0.1, 0.15) is 24.8 Å². The molecule has 1 amide bonds. The molecule has 4 atom stereocenters. The predicted molar refractivity (Wildman–Crippen MR) is 137 cm³/mol. The van der Waals surface area contributed by atoms with Crippen molar-refractivity contribution in [1.29, 1.82) is 0 Å². The first-order chi connectivity index (χ1) is 18.4. The van der Waals surface area contributed by atoms with Crippen molar-refractivity contribution >= 4 is 22.5 Å². The van der Waals surface area contributed by atoms with Gasteiger partial charge in [-0.3, -0.25) is 4.79 Å². The smallest absolute Gasteiger partial charge is 0.248 e. The number of halogens is 1. The molecule has 0 spiro atoms. The van der Waals surface area contributed by atoms with E-state index in [1.807, 2.05) is 18.2 Å². The molecule has 200 valence electrons. The maximum absolute atomic E-state index is 15.3. The van der Waals surface area contributed by atoms with Gasteiger partial charge in [-0.15, -0.1) is 0 Å². The van der Waals surface area contributed by atoms with E-state index in [-0.39, 0.29) is 29.7 Å². The molecular weight excluding hydrogens is 493 g/mol. The van der Waals surface area contributed by atoms with Gasteiger partial charge < -0.3 is 34.3 Å². The third-order valence-corrected chi connectivity index (χ3v) is 7.86. The second-order valence-corrected chi connectivity index (χ2v) is 10.0. The average molecular weight is 524 g/mol. The van der Waals surface area contributed by atoms with Crippen LogP contribution in [0, 0.1) is 11.7 Å². The number of nitrogens with zero attached hydrogens (tertiary/aromatic N) is 2. The first-order valence-corrected chi connectivity index (χ1v) is 12.9. The number of amides is 1. The van der Waals surface area contributed by atoms with Gasteiger partial charge in [0.2, 0.25) is 5.91 Å². The summed E-state index contributed by atoms with van der Waals surface area (Å²) >= 11 is 0. The fourth-order valence-corrected chi connectivity index (χ4v) is 5.83. The maximum atomic E-state index is 15.3.